The van der Waals surface area contributed by atoms with Crippen molar-refractivity contribution < 1.29 is 19.6 Å². The van der Waals surface area contributed by atoms with Gasteiger partial charge in [-0.05, 0) is 23.7 Å². The summed E-state index contributed by atoms with van der Waals surface area (Å²) in [5.74, 6) is 0.719. The molecule has 3 aliphatic carbocycles. The minimum Gasteiger partial charge on any atom is -0.299 e. The van der Waals surface area contributed by atoms with Gasteiger partial charge in [0.05, 0.1) is 12.8 Å². The molecule has 3 rings (SSSR count). The third-order valence-corrected chi connectivity index (χ3v) is 6.10. The van der Waals surface area contributed by atoms with Gasteiger partial charge in [-0.25, -0.2) is 9.98 Å². The van der Waals surface area contributed by atoms with E-state index in [2.05, 4.69) is 37.7 Å². The average Bonchev–Trinajstić information content (AvgIpc) is 2.45. The fourth-order valence-electron chi connectivity index (χ4n) is 5.28. The van der Waals surface area contributed by atoms with Crippen LogP contribution < -0.4 is 9.98 Å². The highest BCUT2D eigenvalue weighted by Gasteiger charge is 2.39. The Kier molecular flexibility index (Phi) is 5.50. The first kappa shape index (κ1) is 19.4. The summed E-state index contributed by atoms with van der Waals surface area (Å²) in [6, 6.07) is 0.737. The van der Waals surface area contributed by atoms with Crippen LogP contribution in [-0.4, -0.2) is 35.1 Å². The minimum atomic E-state index is 0.0732. The van der Waals surface area contributed by atoms with E-state index in [1.165, 1.54) is 24.3 Å². The summed E-state index contributed by atoms with van der Waals surface area (Å²) in [5.41, 5.74) is 2.58. The first-order valence-electron chi connectivity index (χ1n) is 10.4. The van der Waals surface area contributed by atoms with Gasteiger partial charge in [0.15, 0.2) is 11.4 Å². The summed E-state index contributed by atoms with van der Waals surface area (Å²) in [5, 5.41) is 0. The molecule has 4 nitrogen and oxygen atoms in total. The topological polar surface area (TPSA) is 62.1 Å². The van der Waals surface area contributed by atoms with Gasteiger partial charge in [-0.2, -0.15) is 0 Å². The molecule has 3 aliphatic rings. The molecule has 144 valence electrons. The maximum absolute atomic E-state index is 12.1. The van der Waals surface area contributed by atoms with E-state index in [1.807, 2.05) is 0 Å². The summed E-state index contributed by atoms with van der Waals surface area (Å²) < 4.78 is 0. The summed E-state index contributed by atoms with van der Waals surface area (Å²) in [6.07, 6.45) is 9.30. The molecule has 0 aromatic rings. The molecule has 3 saturated carbocycles. The molecule has 0 bridgehead atoms. The molecule has 2 atom stereocenters. The Balaban J connectivity index is 1.78. The van der Waals surface area contributed by atoms with E-state index >= 15 is 0 Å². The number of hydrogen-bond donors (Lipinski definition) is 2. The zero-order valence-electron chi connectivity index (χ0n) is 17.0. The van der Waals surface area contributed by atoms with E-state index in [4.69, 9.17) is 0 Å². The third-order valence-electron chi connectivity index (χ3n) is 6.10. The molecule has 0 aromatic heterocycles. The van der Waals surface area contributed by atoms with Crippen LogP contribution in [0.3, 0.4) is 0 Å². The summed E-state index contributed by atoms with van der Waals surface area (Å²) in [4.78, 5) is 31.7. The van der Waals surface area contributed by atoms with Gasteiger partial charge in [-0.15, -0.1) is 0 Å². The highest BCUT2D eigenvalue weighted by Crippen LogP contribution is 2.31. The summed E-state index contributed by atoms with van der Waals surface area (Å²) in [7, 11) is 0. The van der Waals surface area contributed by atoms with Crippen molar-refractivity contribution in [2.45, 2.75) is 104 Å². The molecule has 26 heavy (non-hydrogen) atoms. The normalized spacial score (nSPS) is 35.1. The first-order chi connectivity index (χ1) is 12.1. The van der Waals surface area contributed by atoms with Gasteiger partial charge in [0.25, 0.3) is 0 Å². The molecule has 0 amide bonds. The Labute approximate surface area is 157 Å². The van der Waals surface area contributed by atoms with Crippen LogP contribution in [0, 0.1) is 10.8 Å². The lowest BCUT2D eigenvalue weighted by Gasteiger charge is -2.29. The molecule has 0 saturated heterocycles. The van der Waals surface area contributed by atoms with E-state index in [-0.39, 0.29) is 10.8 Å². The first-order valence-corrected chi connectivity index (χ1v) is 10.4. The second-order valence-corrected chi connectivity index (χ2v) is 10.5. The molecule has 0 spiro atoms. The number of nitrogens with one attached hydrogen (secondary N) is 2. The summed E-state index contributed by atoms with van der Waals surface area (Å²) >= 11 is 0. The lowest BCUT2D eigenvalue weighted by Crippen LogP contribution is -2.95. The maximum atomic E-state index is 12.1. The second kappa shape index (κ2) is 7.36. The Bertz CT molecular complexity index is 587. The van der Waals surface area contributed by atoms with Crippen molar-refractivity contribution in [3.63, 3.8) is 0 Å². The maximum Gasteiger partial charge on any atom is 0.211 e. The molecular formula is C22H36N2O2+2. The Morgan fingerprint density at radius 2 is 1.08 bits per heavy atom. The highest BCUT2D eigenvalue weighted by atomic mass is 16.1. The molecule has 0 aromatic carbocycles. The van der Waals surface area contributed by atoms with Gasteiger partial charge in [0, 0.05) is 38.5 Å². The third kappa shape index (κ3) is 5.11. The minimum absolute atomic E-state index is 0.0732. The molecule has 0 radical (unpaired) electrons. The number of carbonyl (C=O) groups is 2. The van der Waals surface area contributed by atoms with Gasteiger partial charge >= 0.3 is 0 Å². The van der Waals surface area contributed by atoms with Crippen molar-refractivity contribution in [3.05, 3.63) is 0 Å². The fourth-order valence-corrected chi connectivity index (χ4v) is 5.28. The molecular weight excluding hydrogens is 324 g/mol. The molecule has 0 unspecified atom stereocenters. The van der Waals surface area contributed by atoms with Crippen molar-refractivity contribution in [2.75, 3.05) is 0 Å². The number of carbonyl (C=O) groups excluding carboxylic acids is 2. The monoisotopic (exact) mass is 360 g/mol. The van der Waals surface area contributed by atoms with Gasteiger partial charge < -0.3 is 0 Å². The van der Waals surface area contributed by atoms with E-state index in [9.17, 15) is 9.59 Å². The van der Waals surface area contributed by atoms with Crippen LogP contribution in [0.25, 0.3) is 0 Å². The van der Waals surface area contributed by atoms with Crippen LogP contribution in [-0.2, 0) is 9.59 Å². The van der Waals surface area contributed by atoms with Gasteiger partial charge in [-0.1, -0.05) is 27.7 Å². The second-order valence-electron chi connectivity index (χ2n) is 10.5. The number of hydrogen-bond acceptors (Lipinski definition) is 2. The molecule has 2 N–H and O–H groups in total. The average molecular weight is 361 g/mol. The van der Waals surface area contributed by atoms with Crippen LogP contribution in [0.15, 0.2) is 0 Å². The van der Waals surface area contributed by atoms with Crippen LogP contribution >= 0.6 is 0 Å². The smallest absolute Gasteiger partial charge is 0.211 e. The van der Waals surface area contributed by atoms with E-state index < -0.39 is 0 Å². The highest BCUT2D eigenvalue weighted by molar-refractivity contribution is 6.02. The van der Waals surface area contributed by atoms with Gasteiger partial charge in [0.1, 0.15) is 11.6 Å². The Hall–Kier alpha value is -1.32. The largest absolute Gasteiger partial charge is 0.299 e. The lowest BCUT2D eigenvalue weighted by atomic mass is 9.75. The predicted octanol–water partition coefficient (Wildman–Crippen LogP) is 0.899. The quantitative estimate of drug-likeness (QED) is 0.769. The zero-order chi connectivity index (χ0) is 18.9. The fraction of sp³-hybridized carbons (Fsp3) is 0.818. The van der Waals surface area contributed by atoms with Crippen molar-refractivity contribution in [2.24, 2.45) is 10.8 Å². The summed E-state index contributed by atoms with van der Waals surface area (Å²) in [6.45, 7) is 8.75. The molecule has 0 aliphatic heterocycles. The van der Waals surface area contributed by atoms with Crippen molar-refractivity contribution in [1.29, 1.82) is 0 Å². The van der Waals surface area contributed by atoms with Gasteiger partial charge in [0.2, 0.25) is 12.1 Å². The van der Waals surface area contributed by atoms with Crippen LogP contribution in [0.1, 0.15) is 91.9 Å². The molecule has 3 fully saturated rings. The van der Waals surface area contributed by atoms with Gasteiger partial charge in [-0.3, -0.25) is 9.59 Å². The van der Waals surface area contributed by atoms with Crippen LogP contribution in [0.5, 0.6) is 0 Å². The molecule has 0 heterocycles. The van der Waals surface area contributed by atoms with Crippen molar-refractivity contribution in [1.82, 2.24) is 0 Å². The van der Waals surface area contributed by atoms with Crippen LogP contribution in [0.4, 0.5) is 0 Å². The Morgan fingerprint density at radius 1 is 0.692 bits per heavy atom. The molecule has 4 heteroatoms. The van der Waals surface area contributed by atoms with E-state index in [0.29, 0.717) is 49.3 Å². The number of rotatable bonds is 2. The number of Topliss-reactive ketones (excluding diaryl/α,β-unsaturated/α-hetero) is 2. The predicted molar refractivity (Wildman–Crippen MR) is 103 cm³/mol. The standard InChI is InChI=1S/C22H34N2O2/c1-21(2)11-15(9-17(25)13-21)23-19-7-5-6-8-20(19)24-16-10-18(26)14-22(3,4)12-16/h19-20H,5-14H2,1-4H3/p+2/t19-,20-/m0/s1. The van der Waals surface area contributed by atoms with Crippen LogP contribution in [0.2, 0.25) is 0 Å². The number of ketones is 2. The van der Waals surface area contributed by atoms with E-state index in [1.54, 1.807) is 0 Å². The van der Waals surface area contributed by atoms with E-state index in [0.717, 1.165) is 25.7 Å². The van der Waals surface area contributed by atoms with Crippen molar-refractivity contribution in [3.8, 4) is 0 Å². The zero-order valence-corrected chi connectivity index (χ0v) is 17.0. The Morgan fingerprint density at radius 3 is 1.42 bits per heavy atom. The van der Waals surface area contributed by atoms with Crippen molar-refractivity contribution >= 4 is 23.0 Å². The lowest BCUT2D eigenvalue weighted by molar-refractivity contribution is -0.611. The SMILES string of the molecule is CC1(C)CC(=O)CC(=[NH+][C@H]2CCCC[C@@H]2[NH+]=C2CC(=O)CC(C)(C)C2)C1.